The van der Waals surface area contributed by atoms with Gasteiger partial charge in [-0.2, -0.15) is 13.2 Å². The lowest BCUT2D eigenvalue weighted by Crippen LogP contribution is -2.42. The number of carbonyl (C=O) groups is 2. The molecule has 2 aliphatic rings. The average molecular weight is 628 g/mol. The van der Waals surface area contributed by atoms with Crippen molar-refractivity contribution < 1.29 is 27.5 Å². The van der Waals surface area contributed by atoms with E-state index in [0.717, 1.165) is 32.8 Å². The molecule has 1 N–H and O–H groups in total. The summed E-state index contributed by atoms with van der Waals surface area (Å²) in [6.07, 6.45) is -2.68. The van der Waals surface area contributed by atoms with Gasteiger partial charge in [-0.05, 0) is 59.9 Å². The molecule has 1 saturated heterocycles. The van der Waals surface area contributed by atoms with Gasteiger partial charge in [0.2, 0.25) is 5.91 Å². The van der Waals surface area contributed by atoms with Crippen LogP contribution in [-0.4, -0.2) is 55.1 Å². The zero-order valence-electron chi connectivity index (χ0n) is 25.6. The monoisotopic (exact) mass is 627 g/mol. The predicted octanol–water partition coefficient (Wildman–Crippen LogP) is 7.79. The van der Waals surface area contributed by atoms with Crippen LogP contribution in [0.15, 0.2) is 97.1 Å². The normalized spacial score (nSPS) is 16.9. The fourth-order valence-corrected chi connectivity index (χ4v) is 6.51. The minimum atomic E-state index is -4.50. The van der Waals surface area contributed by atoms with Crippen molar-refractivity contribution in [1.29, 1.82) is 0 Å². The zero-order chi connectivity index (χ0) is 32.3. The second-order valence-electron chi connectivity index (χ2n) is 11.8. The number of rotatable bonds is 10. The Morgan fingerprint density at radius 1 is 0.913 bits per heavy atom. The number of benzene rings is 4. The van der Waals surface area contributed by atoms with Gasteiger partial charge in [-0.1, -0.05) is 80.1 Å². The van der Waals surface area contributed by atoms with Gasteiger partial charge in [-0.3, -0.25) is 9.59 Å². The third-order valence-corrected chi connectivity index (χ3v) is 8.61. The number of anilines is 1. The van der Waals surface area contributed by atoms with Gasteiger partial charge < -0.3 is 19.9 Å². The minimum absolute atomic E-state index is 0.0400. The first-order valence-electron chi connectivity index (χ1n) is 15.7. The highest BCUT2D eigenvalue weighted by molar-refractivity contribution is 5.99. The van der Waals surface area contributed by atoms with E-state index in [2.05, 4.69) is 10.2 Å². The molecule has 0 saturated carbocycles. The van der Waals surface area contributed by atoms with Gasteiger partial charge in [0.25, 0.3) is 5.91 Å². The molecule has 6 rings (SSSR count). The van der Waals surface area contributed by atoms with E-state index in [-0.39, 0.29) is 18.5 Å². The summed E-state index contributed by atoms with van der Waals surface area (Å²) in [5.41, 5.74) is 4.39. The van der Waals surface area contributed by atoms with Crippen molar-refractivity contribution in [1.82, 2.24) is 10.2 Å². The van der Waals surface area contributed by atoms with Crippen LogP contribution in [0.1, 0.15) is 53.6 Å². The number of para-hydroxylation sites is 2. The molecule has 0 radical (unpaired) electrons. The van der Waals surface area contributed by atoms with E-state index in [1.54, 1.807) is 18.2 Å². The SMILES string of the molecule is CCCCN(CC(F)(F)F)C(=O)C1c2ccccc2-c2cccc(N3CCC(NC(=O)c4ccccc4Oc4ccccc4)C3)c21. The number of alkyl halides is 3. The van der Waals surface area contributed by atoms with Crippen LogP contribution < -0.4 is 15.0 Å². The van der Waals surface area contributed by atoms with E-state index >= 15 is 0 Å². The molecule has 2 atom stereocenters. The Kier molecular flexibility index (Phi) is 9.01. The van der Waals surface area contributed by atoms with Gasteiger partial charge in [0, 0.05) is 36.9 Å². The number of hydrogen-bond acceptors (Lipinski definition) is 4. The summed E-state index contributed by atoms with van der Waals surface area (Å²) in [5, 5.41) is 3.15. The largest absolute Gasteiger partial charge is 0.457 e. The number of halogens is 3. The number of unbranched alkanes of at least 4 members (excludes halogenated alkanes) is 1. The van der Waals surface area contributed by atoms with Crippen LogP contribution in [0, 0.1) is 0 Å². The Morgan fingerprint density at radius 2 is 1.63 bits per heavy atom. The summed E-state index contributed by atoms with van der Waals surface area (Å²) in [7, 11) is 0. The second-order valence-corrected chi connectivity index (χ2v) is 11.8. The van der Waals surface area contributed by atoms with Crippen LogP contribution in [0.5, 0.6) is 11.5 Å². The lowest BCUT2D eigenvalue weighted by atomic mass is 9.93. The highest BCUT2D eigenvalue weighted by atomic mass is 19.4. The number of carbonyl (C=O) groups excluding carboxylic acids is 2. The van der Waals surface area contributed by atoms with Gasteiger partial charge in [0.15, 0.2) is 0 Å². The van der Waals surface area contributed by atoms with E-state index in [1.807, 2.05) is 85.8 Å². The van der Waals surface area contributed by atoms with Gasteiger partial charge in [0.05, 0.1) is 11.5 Å². The molecular weight excluding hydrogens is 591 g/mol. The number of amides is 2. The van der Waals surface area contributed by atoms with Crippen molar-refractivity contribution in [2.24, 2.45) is 0 Å². The second kappa shape index (κ2) is 13.3. The number of fused-ring (bicyclic) bond motifs is 3. The summed E-state index contributed by atoms with van der Waals surface area (Å²) in [6, 6.07) is 29.4. The van der Waals surface area contributed by atoms with Crippen molar-refractivity contribution >= 4 is 17.5 Å². The Hall–Kier alpha value is -4.79. The Labute approximate surface area is 266 Å². The lowest BCUT2D eigenvalue weighted by molar-refractivity contribution is -0.161. The highest BCUT2D eigenvalue weighted by Gasteiger charge is 2.42. The van der Waals surface area contributed by atoms with Crippen molar-refractivity contribution in [3.05, 3.63) is 114 Å². The molecule has 46 heavy (non-hydrogen) atoms. The molecule has 1 aliphatic heterocycles. The van der Waals surface area contributed by atoms with Crippen LogP contribution in [0.4, 0.5) is 18.9 Å². The molecule has 2 amide bonds. The molecule has 238 valence electrons. The number of hydrogen-bond donors (Lipinski definition) is 1. The third kappa shape index (κ3) is 6.59. The molecule has 4 aromatic rings. The smallest absolute Gasteiger partial charge is 0.406 e. The van der Waals surface area contributed by atoms with Crippen molar-refractivity contribution in [3.63, 3.8) is 0 Å². The maximum atomic E-state index is 14.1. The van der Waals surface area contributed by atoms with Crippen molar-refractivity contribution in [2.45, 2.75) is 44.3 Å². The highest BCUT2D eigenvalue weighted by Crippen LogP contribution is 2.50. The summed E-state index contributed by atoms with van der Waals surface area (Å²) in [4.78, 5) is 30.6. The summed E-state index contributed by atoms with van der Waals surface area (Å²) in [6.45, 7) is 1.76. The molecule has 6 nitrogen and oxygen atoms in total. The van der Waals surface area contributed by atoms with Gasteiger partial charge in [-0.25, -0.2) is 0 Å². The van der Waals surface area contributed by atoms with E-state index in [4.69, 9.17) is 4.74 Å². The fourth-order valence-electron chi connectivity index (χ4n) is 6.51. The van der Waals surface area contributed by atoms with Crippen LogP contribution in [0.25, 0.3) is 11.1 Å². The molecule has 1 aliphatic carbocycles. The molecule has 1 fully saturated rings. The number of ether oxygens (including phenoxy) is 1. The summed E-state index contributed by atoms with van der Waals surface area (Å²) in [5.74, 6) is -0.564. The molecule has 2 unspecified atom stereocenters. The first kappa shape index (κ1) is 31.2. The molecule has 0 aromatic heterocycles. The molecule has 4 aromatic carbocycles. The average Bonchev–Trinajstić information content (AvgIpc) is 3.65. The molecular formula is C37H36F3N3O3. The Bertz CT molecular complexity index is 1710. The minimum Gasteiger partial charge on any atom is -0.457 e. The third-order valence-electron chi connectivity index (χ3n) is 8.61. The van der Waals surface area contributed by atoms with E-state index in [1.165, 1.54) is 0 Å². The van der Waals surface area contributed by atoms with Gasteiger partial charge in [-0.15, -0.1) is 0 Å². The van der Waals surface area contributed by atoms with E-state index in [0.29, 0.717) is 49.4 Å². The molecule has 9 heteroatoms. The van der Waals surface area contributed by atoms with Crippen LogP contribution in [-0.2, 0) is 4.79 Å². The van der Waals surface area contributed by atoms with Gasteiger partial charge in [0.1, 0.15) is 18.0 Å². The maximum absolute atomic E-state index is 14.1. The lowest BCUT2D eigenvalue weighted by Gasteiger charge is -2.30. The summed E-state index contributed by atoms with van der Waals surface area (Å²) < 4.78 is 47.0. The van der Waals surface area contributed by atoms with E-state index < -0.39 is 24.5 Å². The van der Waals surface area contributed by atoms with Crippen molar-refractivity contribution in [2.75, 3.05) is 31.1 Å². The van der Waals surface area contributed by atoms with Crippen LogP contribution in [0.2, 0.25) is 0 Å². The number of nitrogens with zero attached hydrogens (tertiary/aromatic N) is 2. The Balaban J connectivity index is 1.25. The van der Waals surface area contributed by atoms with E-state index in [9.17, 15) is 22.8 Å². The maximum Gasteiger partial charge on any atom is 0.406 e. The Morgan fingerprint density at radius 3 is 2.41 bits per heavy atom. The quantitative estimate of drug-likeness (QED) is 0.195. The number of nitrogens with one attached hydrogen (secondary N) is 1. The predicted molar refractivity (Wildman–Crippen MR) is 172 cm³/mol. The summed E-state index contributed by atoms with van der Waals surface area (Å²) >= 11 is 0. The molecule has 0 spiro atoms. The molecule has 0 bridgehead atoms. The van der Waals surface area contributed by atoms with Gasteiger partial charge >= 0.3 is 6.18 Å². The molecule has 1 heterocycles. The zero-order valence-corrected chi connectivity index (χ0v) is 25.6. The van der Waals surface area contributed by atoms with Crippen LogP contribution in [0.3, 0.4) is 0 Å². The van der Waals surface area contributed by atoms with Crippen LogP contribution >= 0.6 is 0 Å². The standard InChI is InChI=1S/C37H36F3N3O3/c1-2-3-21-43(24-37(38,39)40)36(45)34-29-15-8-7-14-27(29)28-17-11-18-31(33(28)34)42-22-20-25(23-42)41-35(44)30-16-9-10-19-32(30)46-26-12-5-4-6-13-26/h4-19,25,34H,2-3,20-24H2,1H3,(H,41,44). The fraction of sp³-hybridized carbons (Fsp3) is 0.297. The van der Waals surface area contributed by atoms with Crippen molar-refractivity contribution in [3.8, 4) is 22.6 Å². The topological polar surface area (TPSA) is 61.9 Å². The first-order chi connectivity index (χ1) is 22.2. The first-order valence-corrected chi connectivity index (χ1v) is 15.7.